The normalized spacial score (nSPS) is 23.4. The second-order valence-corrected chi connectivity index (χ2v) is 11.1. The van der Waals surface area contributed by atoms with E-state index >= 15 is 0 Å². The minimum atomic E-state index is -1.67. The molecule has 2 fully saturated rings. The van der Waals surface area contributed by atoms with Crippen molar-refractivity contribution in [1.82, 2.24) is 9.13 Å². The molecule has 0 amide bonds. The summed E-state index contributed by atoms with van der Waals surface area (Å²) in [6, 6.07) is 1.59. The second kappa shape index (κ2) is 7.23. The van der Waals surface area contributed by atoms with Gasteiger partial charge >= 0.3 is 0 Å². The highest BCUT2D eigenvalue weighted by atomic mass is 28.3. The van der Waals surface area contributed by atoms with Gasteiger partial charge in [-0.1, -0.05) is 44.2 Å². The molecule has 0 aromatic carbocycles. The fourth-order valence-corrected chi connectivity index (χ4v) is 7.28. The van der Waals surface area contributed by atoms with Crippen molar-refractivity contribution in [3.05, 3.63) is 12.3 Å². The van der Waals surface area contributed by atoms with Gasteiger partial charge in [-0.25, -0.2) is 0 Å². The Morgan fingerprint density at radius 2 is 1.15 bits per heavy atom. The van der Waals surface area contributed by atoms with E-state index in [1.807, 2.05) is 0 Å². The van der Waals surface area contributed by atoms with E-state index in [2.05, 4.69) is 42.1 Å². The first-order valence-electron chi connectivity index (χ1n) is 8.69. The third-order valence-electron chi connectivity index (χ3n) is 6.06. The van der Waals surface area contributed by atoms with Gasteiger partial charge in [0.2, 0.25) is 8.40 Å². The predicted molar refractivity (Wildman–Crippen MR) is 91.1 cm³/mol. The van der Waals surface area contributed by atoms with Gasteiger partial charge in [0.15, 0.2) is 0 Å². The van der Waals surface area contributed by atoms with E-state index in [1.165, 1.54) is 64.2 Å². The summed E-state index contributed by atoms with van der Waals surface area (Å²) >= 11 is 0. The molecule has 3 heteroatoms. The van der Waals surface area contributed by atoms with Gasteiger partial charge < -0.3 is 9.13 Å². The lowest BCUT2D eigenvalue weighted by atomic mass is 9.96. The van der Waals surface area contributed by atoms with E-state index in [1.54, 1.807) is 0 Å². The summed E-state index contributed by atoms with van der Waals surface area (Å²) < 4.78 is 5.49. The molecule has 0 aromatic heterocycles. The fourth-order valence-electron chi connectivity index (χ4n) is 4.21. The lowest BCUT2D eigenvalue weighted by molar-refractivity contribution is 0.222. The summed E-state index contributed by atoms with van der Waals surface area (Å²) in [5, 5.41) is 0. The average molecular weight is 295 g/mol. The maximum Gasteiger partial charge on any atom is 0.228 e. The number of hydrogen-bond donors (Lipinski definition) is 0. The van der Waals surface area contributed by atoms with Crippen LogP contribution in [0.15, 0.2) is 12.3 Å². The van der Waals surface area contributed by atoms with Crippen LogP contribution in [0, 0.1) is 0 Å². The zero-order chi connectivity index (χ0) is 14.6. The van der Waals surface area contributed by atoms with E-state index in [-0.39, 0.29) is 0 Å². The molecule has 0 N–H and O–H groups in total. The topological polar surface area (TPSA) is 6.48 Å². The van der Waals surface area contributed by atoms with Crippen molar-refractivity contribution in [2.45, 2.75) is 82.8 Å². The van der Waals surface area contributed by atoms with E-state index in [9.17, 15) is 0 Å². The maximum atomic E-state index is 4.24. The van der Waals surface area contributed by atoms with Gasteiger partial charge in [0.1, 0.15) is 0 Å². The molecule has 20 heavy (non-hydrogen) atoms. The Balaban J connectivity index is 2.07. The van der Waals surface area contributed by atoms with Crippen LogP contribution in [0.25, 0.3) is 0 Å². The molecule has 2 rings (SSSR count). The Labute approximate surface area is 127 Å². The van der Waals surface area contributed by atoms with E-state index in [0.29, 0.717) is 0 Å². The highest BCUT2D eigenvalue weighted by Crippen LogP contribution is 2.31. The van der Waals surface area contributed by atoms with Crippen LogP contribution < -0.4 is 0 Å². The molecule has 2 aliphatic carbocycles. The zero-order valence-corrected chi connectivity index (χ0v) is 14.9. The summed E-state index contributed by atoms with van der Waals surface area (Å²) in [7, 11) is 3.08. The van der Waals surface area contributed by atoms with Gasteiger partial charge in [-0.05, 0) is 46.3 Å². The molecular formula is C17H34N2Si. The van der Waals surface area contributed by atoms with Crippen LogP contribution in [-0.4, -0.2) is 43.7 Å². The molecule has 0 heterocycles. The van der Waals surface area contributed by atoms with Gasteiger partial charge in [-0.15, -0.1) is 6.58 Å². The molecule has 2 nitrogen and oxygen atoms in total. The zero-order valence-electron chi connectivity index (χ0n) is 13.9. The van der Waals surface area contributed by atoms with Gasteiger partial charge in [0.25, 0.3) is 0 Å². The first-order valence-corrected chi connectivity index (χ1v) is 11.2. The molecular weight excluding hydrogens is 260 g/mol. The first-order chi connectivity index (χ1) is 9.59. The quantitative estimate of drug-likeness (QED) is 0.697. The first kappa shape index (κ1) is 16.3. The van der Waals surface area contributed by atoms with Crippen molar-refractivity contribution in [2.75, 3.05) is 14.1 Å². The minimum absolute atomic E-state index is 0.796. The van der Waals surface area contributed by atoms with Crippen LogP contribution in [0.5, 0.6) is 0 Å². The Morgan fingerprint density at radius 1 is 0.800 bits per heavy atom. The summed E-state index contributed by atoms with van der Waals surface area (Å²) in [6.07, 6.45) is 14.1. The van der Waals surface area contributed by atoms with Crippen molar-refractivity contribution in [2.24, 2.45) is 0 Å². The Morgan fingerprint density at radius 3 is 1.45 bits per heavy atom. The van der Waals surface area contributed by atoms with E-state index in [0.717, 1.165) is 12.1 Å². The monoisotopic (exact) mass is 294 g/mol. The van der Waals surface area contributed by atoms with E-state index in [4.69, 9.17) is 0 Å². The number of rotatable bonds is 5. The average Bonchev–Trinajstić information content (AvgIpc) is 2.54. The van der Waals surface area contributed by atoms with Gasteiger partial charge in [0.05, 0.1) is 0 Å². The number of nitrogens with zero attached hydrogens (tertiary/aromatic N) is 2. The Hall–Kier alpha value is -0.123. The van der Waals surface area contributed by atoms with Crippen molar-refractivity contribution in [3.63, 3.8) is 0 Å². The molecule has 0 saturated heterocycles. The Kier molecular flexibility index (Phi) is 5.88. The molecule has 0 atom stereocenters. The van der Waals surface area contributed by atoms with Crippen molar-refractivity contribution < 1.29 is 0 Å². The smallest absolute Gasteiger partial charge is 0.228 e. The molecule has 0 aliphatic heterocycles. The van der Waals surface area contributed by atoms with Gasteiger partial charge in [-0.3, -0.25) is 0 Å². The molecule has 0 aromatic rings. The van der Waals surface area contributed by atoms with Crippen LogP contribution in [0.2, 0.25) is 6.55 Å². The van der Waals surface area contributed by atoms with Crippen LogP contribution in [0.3, 0.4) is 0 Å². The molecule has 2 saturated carbocycles. The highest BCUT2D eigenvalue weighted by molar-refractivity contribution is 6.78. The second-order valence-electron chi connectivity index (χ2n) is 7.10. The number of hydrogen-bond acceptors (Lipinski definition) is 2. The van der Waals surface area contributed by atoms with Gasteiger partial charge in [-0.2, -0.15) is 0 Å². The summed E-state index contributed by atoms with van der Waals surface area (Å²) in [5.41, 5.74) is 2.32. The highest BCUT2D eigenvalue weighted by Gasteiger charge is 2.41. The SMILES string of the molecule is C=C[Si](C)(N(C)C1CCCCC1)N(C)C1CCCCC1. The molecule has 0 spiro atoms. The fraction of sp³-hybridized carbons (Fsp3) is 0.882. The molecule has 2 aliphatic rings. The van der Waals surface area contributed by atoms with Crippen LogP contribution >= 0.6 is 0 Å². The standard InChI is InChI=1S/C17H34N2Si/c1-5-20(4,18(2)16-12-8-6-9-13-16)19(3)17-14-10-7-11-15-17/h5,16-17H,1,6-15H2,2-4H3. The lowest BCUT2D eigenvalue weighted by Gasteiger charge is -2.49. The third-order valence-corrected chi connectivity index (χ3v) is 10.4. The van der Waals surface area contributed by atoms with Crippen LogP contribution in [0.1, 0.15) is 64.2 Å². The molecule has 0 bridgehead atoms. The summed E-state index contributed by atoms with van der Waals surface area (Å²) in [4.78, 5) is 0. The van der Waals surface area contributed by atoms with E-state index < -0.39 is 8.40 Å². The molecule has 116 valence electrons. The molecule has 0 unspecified atom stereocenters. The third kappa shape index (κ3) is 3.37. The van der Waals surface area contributed by atoms with Crippen molar-refractivity contribution in [3.8, 4) is 0 Å². The minimum Gasteiger partial charge on any atom is -0.309 e. The Bertz CT molecular complexity index is 282. The van der Waals surface area contributed by atoms with Crippen LogP contribution in [0.4, 0.5) is 0 Å². The molecule has 0 radical (unpaired) electrons. The van der Waals surface area contributed by atoms with Crippen LogP contribution in [-0.2, 0) is 0 Å². The van der Waals surface area contributed by atoms with Gasteiger partial charge in [0, 0.05) is 12.1 Å². The maximum absolute atomic E-state index is 4.24. The van der Waals surface area contributed by atoms with Crippen molar-refractivity contribution >= 4 is 8.40 Å². The summed E-state index contributed by atoms with van der Waals surface area (Å²) in [6.45, 7) is 6.75. The van der Waals surface area contributed by atoms with Crippen molar-refractivity contribution in [1.29, 1.82) is 0 Å². The lowest BCUT2D eigenvalue weighted by Crippen LogP contribution is -2.65. The largest absolute Gasteiger partial charge is 0.309 e. The summed E-state index contributed by atoms with van der Waals surface area (Å²) in [5.74, 6) is 0. The predicted octanol–water partition coefficient (Wildman–Crippen LogP) is 4.31.